The van der Waals surface area contributed by atoms with Gasteiger partial charge in [0.25, 0.3) is 0 Å². The molecule has 5 rings (SSSR count). The van der Waals surface area contributed by atoms with Gasteiger partial charge in [0.05, 0.1) is 16.8 Å². The normalized spacial score (nSPS) is 21.1. The molecule has 1 atom stereocenters. The summed E-state index contributed by atoms with van der Waals surface area (Å²) in [6.07, 6.45) is -3.39. The van der Waals surface area contributed by atoms with Crippen LogP contribution in [0.15, 0.2) is 35.7 Å². The highest BCUT2D eigenvalue weighted by Crippen LogP contribution is 2.57. The van der Waals surface area contributed by atoms with Crippen molar-refractivity contribution < 1.29 is 32.2 Å². The number of anilines is 2. The van der Waals surface area contributed by atoms with E-state index in [0.29, 0.717) is 11.5 Å². The third-order valence-electron chi connectivity index (χ3n) is 5.94. The van der Waals surface area contributed by atoms with E-state index in [-0.39, 0.29) is 34.6 Å². The fourth-order valence-corrected chi connectivity index (χ4v) is 4.75. The smallest absolute Gasteiger partial charge is 0.456 e. The van der Waals surface area contributed by atoms with E-state index in [4.69, 9.17) is 4.74 Å². The molecule has 0 radical (unpaired) electrons. The first kappa shape index (κ1) is 20.9. The van der Waals surface area contributed by atoms with Crippen LogP contribution in [0.25, 0.3) is 0 Å². The third-order valence-corrected chi connectivity index (χ3v) is 5.94. The van der Waals surface area contributed by atoms with Crippen LogP contribution >= 0.6 is 0 Å². The number of carbonyl (C=O) groups excluding carboxylic acids is 2. The summed E-state index contributed by atoms with van der Waals surface area (Å²) in [6.45, 7) is 5.52. The Morgan fingerprint density at radius 2 is 1.94 bits per heavy atom. The number of amides is 1. The van der Waals surface area contributed by atoms with E-state index in [1.165, 1.54) is 6.07 Å². The Balaban J connectivity index is 1.88. The van der Waals surface area contributed by atoms with Crippen molar-refractivity contribution in [3.05, 3.63) is 52.4 Å². The lowest BCUT2D eigenvalue weighted by Gasteiger charge is -2.35. The molecule has 2 N–H and O–H groups in total. The molecule has 1 aromatic heterocycles. The minimum Gasteiger partial charge on any atom is -0.456 e. The predicted octanol–water partition coefficient (Wildman–Crippen LogP) is 3.49. The molecule has 0 fully saturated rings. The van der Waals surface area contributed by atoms with Crippen LogP contribution in [0.3, 0.4) is 0 Å². The second-order valence-corrected chi connectivity index (χ2v) is 8.93. The fraction of sp³-hybridized carbons (Fsp3) is 0.318. The molecule has 0 aliphatic carbocycles. The SMILES string of the molecule is CC(C)(C)n1cc(C#N)c2c1NC1=C(C(=O)OC1)[C@]21C(=O)Nc2ccc(OC(F)(F)F)cc21. The first-order valence-corrected chi connectivity index (χ1v) is 9.94. The van der Waals surface area contributed by atoms with E-state index in [9.17, 15) is 28.0 Å². The number of carbonyl (C=O) groups is 2. The van der Waals surface area contributed by atoms with Crippen LogP contribution < -0.4 is 15.4 Å². The van der Waals surface area contributed by atoms with Gasteiger partial charge in [-0.3, -0.25) is 4.79 Å². The Bertz CT molecular complexity index is 1330. The number of hydrogen-bond acceptors (Lipinski definition) is 6. The number of ether oxygens (including phenoxy) is 2. The zero-order chi connectivity index (χ0) is 23.9. The van der Waals surface area contributed by atoms with Crippen LogP contribution in [-0.2, 0) is 25.3 Å². The van der Waals surface area contributed by atoms with Crippen LogP contribution in [-0.4, -0.2) is 29.4 Å². The van der Waals surface area contributed by atoms with Crippen LogP contribution in [0.1, 0.15) is 37.5 Å². The Morgan fingerprint density at radius 3 is 2.58 bits per heavy atom. The van der Waals surface area contributed by atoms with E-state index < -0.39 is 34.9 Å². The van der Waals surface area contributed by atoms with E-state index in [1.807, 2.05) is 20.8 Å². The second-order valence-electron chi connectivity index (χ2n) is 8.93. The molecule has 3 aliphatic heterocycles. The number of aromatic nitrogens is 1. The van der Waals surface area contributed by atoms with Crippen molar-refractivity contribution in [2.45, 2.75) is 38.1 Å². The van der Waals surface area contributed by atoms with Gasteiger partial charge in [-0.1, -0.05) is 0 Å². The van der Waals surface area contributed by atoms with Gasteiger partial charge < -0.3 is 24.7 Å². The molecule has 11 heteroatoms. The van der Waals surface area contributed by atoms with Crippen molar-refractivity contribution in [3.63, 3.8) is 0 Å². The summed E-state index contributed by atoms with van der Waals surface area (Å²) in [5, 5.41) is 15.7. The summed E-state index contributed by atoms with van der Waals surface area (Å²) in [4.78, 5) is 26.5. The Morgan fingerprint density at radius 1 is 1.21 bits per heavy atom. The third kappa shape index (κ3) is 2.76. The summed E-state index contributed by atoms with van der Waals surface area (Å²) in [6, 6.07) is 5.49. The number of alkyl halides is 3. The molecule has 1 spiro atoms. The molecule has 0 saturated heterocycles. The van der Waals surface area contributed by atoms with Crippen molar-refractivity contribution in [1.82, 2.24) is 4.57 Å². The van der Waals surface area contributed by atoms with Crippen molar-refractivity contribution in [2.24, 2.45) is 0 Å². The maximum absolute atomic E-state index is 13.6. The van der Waals surface area contributed by atoms with Gasteiger partial charge in [0.2, 0.25) is 5.91 Å². The fourth-order valence-electron chi connectivity index (χ4n) is 4.75. The topological polar surface area (TPSA) is 105 Å². The maximum Gasteiger partial charge on any atom is 0.573 e. The summed E-state index contributed by atoms with van der Waals surface area (Å²) >= 11 is 0. The molecule has 3 aliphatic rings. The van der Waals surface area contributed by atoms with Crippen LogP contribution in [0.5, 0.6) is 5.75 Å². The lowest BCUT2D eigenvalue weighted by Crippen LogP contribution is -2.44. The molecular formula is C22H17F3N4O4. The van der Waals surface area contributed by atoms with Gasteiger partial charge in [-0.15, -0.1) is 13.2 Å². The van der Waals surface area contributed by atoms with E-state index in [0.717, 1.165) is 12.1 Å². The van der Waals surface area contributed by atoms with Gasteiger partial charge in [0.1, 0.15) is 29.7 Å². The van der Waals surface area contributed by atoms with Gasteiger partial charge in [0, 0.05) is 28.6 Å². The zero-order valence-electron chi connectivity index (χ0n) is 17.7. The number of benzene rings is 1. The molecule has 1 amide bonds. The largest absolute Gasteiger partial charge is 0.573 e. The van der Waals surface area contributed by atoms with Gasteiger partial charge >= 0.3 is 12.3 Å². The van der Waals surface area contributed by atoms with E-state index >= 15 is 0 Å². The van der Waals surface area contributed by atoms with Crippen molar-refractivity contribution in [3.8, 4) is 11.8 Å². The monoisotopic (exact) mass is 458 g/mol. The summed E-state index contributed by atoms with van der Waals surface area (Å²) < 4.78 is 49.8. The minimum atomic E-state index is -4.96. The van der Waals surface area contributed by atoms with Crippen molar-refractivity contribution in [1.29, 1.82) is 5.26 Å². The Hall–Kier alpha value is -3.94. The van der Waals surface area contributed by atoms with Gasteiger partial charge in [-0.05, 0) is 39.0 Å². The number of fused-ring (bicyclic) bond motifs is 5. The minimum absolute atomic E-state index is 0.0569. The van der Waals surface area contributed by atoms with Crippen molar-refractivity contribution >= 4 is 23.4 Å². The molecule has 8 nitrogen and oxygen atoms in total. The standard InChI is InChI=1S/C22H17F3N4O4/c1-20(2,3)29-8-10(7-26)15-17(29)27-14-9-32-18(30)16(14)21(15)12-6-11(33-22(23,24)25)4-5-13(12)28-19(21)31/h4-6,8,27H,9H2,1-3H3,(H,28,31)/t21-/m1/s1. The van der Waals surface area contributed by atoms with Gasteiger partial charge in [-0.25, -0.2) is 4.79 Å². The highest BCUT2D eigenvalue weighted by Gasteiger charge is 2.61. The summed E-state index contributed by atoms with van der Waals surface area (Å²) in [5.74, 6) is -1.62. The van der Waals surface area contributed by atoms with E-state index in [2.05, 4.69) is 21.4 Å². The quantitative estimate of drug-likeness (QED) is 0.634. The first-order valence-electron chi connectivity index (χ1n) is 9.94. The average Bonchev–Trinajstić information content (AvgIpc) is 3.34. The second kappa shape index (κ2) is 6.31. The molecule has 0 saturated carbocycles. The number of rotatable bonds is 1. The lowest BCUT2D eigenvalue weighted by atomic mass is 9.67. The predicted molar refractivity (Wildman–Crippen MR) is 108 cm³/mol. The van der Waals surface area contributed by atoms with Gasteiger partial charge in [-0.2, -0.15) is 5.26 Å². The number of halogens is 3. The number of nitrogens with one attached hydrogen (secondary N) is 2. The molecule has 33 heavy (non-hydrogen) atoms. The summed E-state index contributed by atoms with van der Waals surface area (Å²) in [7, 11) is 0. The number of nitriles is 1. The van der Waals surface area contributed by atoms with Crippen molar-refractivity contribution in [2.75, 3.05) is 17.2 Å². The Kier molecular flexibility index (Phi) is 4.00. The molecule has 2 aromatic rings. The number of nitrogens with zero attached hydrogens (tertiary/aromatic N) is 2. The highest BCUT2D eigenvalue weighted by molar-refractivity contribution is 6.19. The zero-order valence-corrected chi connectivity index (χ0v) is 17.7. The molecule has 4 heterocycles. The lowest BCUT2D eigenvalue weighted by molar-refractivity contribution is -0.274. The van der Waals surface area contributed by atoms with Crippen LogP contribution in [0.4, 0.5) is 24.7 Å². The summed E-state index contributed by atoms with van der Waals surface area (Å²) in [5.41, 5.74) is -1.60. The number of hydrogen-bond donors (Lipinski definition) is 2. The molecule has 0 bridgehead atoms. The molecule has 0 unspecified atom stereocenters. The van der Waals surface area contributed by atoms with Gasteiger partial charge in [0.15, 0.2) is 0 Å². The van der Waals surface area contributed by atoms with Crippen LogP contribution in [0, 0.1) is 11.3 Å². The Labute approximate surface area is 185 Å². The number of esters is 1. The highest BCUT2D eigenvalue weighted by atomic mass is 19.4. The maximum atomic E-state index is 13.6. The molecular weight excluding hydrogens is 441 g/mol. The average molecular weight is 458 g/mol. The first-order chi connectivity index (χ1) is 15.4. The molecule has 170 valence electrons. The molecule has 1 aromatic carbocycles. The van der Waals surface area contributed by atoms with E-state index in [1.54, 1.807) is 10.8 Å². The number of cyclic esters (lactones) is 1. The van der Waals surface area contributed by atoms with Crippen LogP contribution in [0.2, 0.25) is 0 Å².